The maximum Gasteiger partial charge on any atom is 0.248 e. The SMILES string of the molecule is CCCn1cc(S(=O)(=O)N2C[C@@H](C)O[C@@H](C)C2)c(N)n1. The van der Waals surface area contributed by atoms with E-state index < -0.39 is 10.0 Å². The average Bonchev–Trinajstić information content (AvgIpc) is 2.70. The normalized spacial score (nSPS) is 24.9. The van der Waals surface area contributed by atoms with Crippen LogP contribution in [-0.4, -0.2) is 47.8 Å². The van der Waals surface area contributed by atoms with E-state index in [0.717, 1.165) is 6.42 Å². The van der Waals surface area contributed by atoms with Crippen LogP contribution >= 0.6 is 0 Å². The second-order valence-electron chi connectivity index (χ2n) is 5.22. The molecule has 1 saturated heterocycles. The molecule has 1 aromatic rings. The molecule has 0 radical (unpaired) electrons. The van der Waals surface area contributed by atoms with Gasteiger partial charge in [0.1, 0.15) is 4.90 Å². The van der Waals surface area contributed by atoms with Crippen LogP contribution in [0.1, 0.15) is 27.2 Å². The number of aromatic nitrogens is 2. The molecular weight excluding hydrogens is 280 g/mol. The minimum atomic E-state index is -3.61. The summed E-state index contributed by atoms with van der Waals surface area (Å²) >= 11 is 0. The summed E-state index contributed by atoms with van der Waals surface area (Å²) in [5.74, 6) is 0.0604. The van der Waals surface area contributed by atoms with Gasteiger partial charge in [-0.25, -0.2) is 8.42 Å². The maximum absolute atomic E-state index is 12.7. The molecule has 0 aromatic carbocycles. The van der Waals surface area contributed by atoms with E-state index in [2.05, 4.69) is 5.10 Å². The molecule has 7 nitrogen and oxygen atoms in total. The van der Waals surface area contributed by atoms with Crippen molar-refractivity contribution in [2.75, 3.05) is 18.8 Å². The Balaban J connectivity index is 2.30. The van der Waals surface area contributed by atoms with E-state index in [1.807, 2.05) is 20.8 Å². The molecule has 114 valence electrons. The van der Waals surface area contributed by atoms with Gasteiger partial charge in [-0.3, -0.25) is 4.68 Å². The molecule has 20 heavy (non-hydrogen) atoms. The summed E-state index contributed by atoms with van der Waals surface area (Å²) in [4.78, 5) is 0.0900. The standard InChI is InChI=1S/C12H22N4O3S/c1-4-5-15-8-11(12(13)14-15)20(17,18)16-6-9(2)19-10(3)7-16/h8-10H,4-7H2,1-3H3,(H2,13,14)/t9-,10+. The number of hydrogen-bond donors (Lipinski definition) is 1. The number of hydrogen-bond acceptors (Lipinski definition) is 5. The van der Waals surface area contributed by atoms with E-state index in [0.29, 0.717) is 19.6 Å². The summed E-state index contributed by atoms with van der Waals surface area (Å²) in [6.45, 7) is 7.05. The lowest BCUT2D eigenvalue weighted by Gasteiger charge is -2.34. The Bertz CT molecular complexity index is 559. The highest BCUT2D eigenvalue weighted by molar-refractivity contribution is 7.89. The lowest BCUT2D eigenvalue weighted by Crippen LogP contribution is -2.48. The summed E-state index contributed by atoms with van der Waals surface area (Å²) in [5, 5.41) is 4.06. The largest absolute Gasteiger partial charge is 0.381 e. The van der Waals surface area contributed by atoms with Crippen molar-refractivity contribution in [3.63, 3.8) is 0 Å². The number of anilines is 1. The van der Waals surface area contributed by atoms with E-state index in [4.69, 9.17) is 10.5 Å². The van der Waals surface area contributed by atoms with Crippen LogP contribution < -0.4 is 5.73 Å². The summed E-state index contributed by atoms with van der Waals surface area (Å²) in [6, 6.07) is 0. The molecule has 0 unspecified atom stereocenters. The van der Waals surface area contributed by atoms with Crippen LogP contribution in [0.2, 0.25) is 0 Å². The van der Waals surface area contributed by atoms with Crippen LogP contribution in [0.3, 0.4) is 0 Å². The van der Waals surface area contributed by atoms with Gasteiger partial charge in [-0.1, -0.05) is 6.92 Å². The summed E-state index contributed by atoms with van der Waals surface area (Å²) in [7, 11) is -3.61. The Labute approximate surface area is 119 Å². The Morgan fingerprint density at radius 1 is 1.40 bits per heavy atom. The molecule has 0 spiro atoms. The second kappa shape index (κ2) is 5.71. The molecule has 2 atom stereocenters. The Hall–Kier alpha value is -1.12. The molecule has 2 heterocycles. The van der Waals surface area contributed by atoms with Gasteiger partial charge >= 0.3 is 0 Å². The number of nitrogens with zero attached hydrogens (tertiary/aromatic N) is 3. The Kier molecular flexibility index (Phi) is 4.36. The van der Waals surface area contributed by atoms with Gasteiger partial charge in [-0.2, -0.15) is 9.40 Å². The number of nitrogens with two attached hydrogens (primary N) is 1. The Morgan fingerprint density at radius 3 is 2.55 bits per heavy atom. The Morgan fingerprint density at radius 2 is 2.00 bits per heavy atom. The van der Waals surface area contributed by atoms with E-state index in [1.54, 1.807) is 4.68 Å². The van der Waals surface area contributed by atoms with Crippen LogP contribution in [0.4, 0.5) is 5.82 Å². The van der Waals surface area contributed by atoms with Crippen molar-refractivity contribution in [2.45, 2.75) is 50.8 Å². The molecule has 0 amide bonds. The molecule has 1 aliphatic rings. The van der Waals surface area contributed by atoms with Gasteiger partial charge in [0.15, 0.2) is 5.82 Å². The van der Waals surface area contributed by atoms with Crippen molar-refractivity contribution in [3.05, 3.63) is 6.20 Å². The first-order valence-corrected chi connectivity index (χ1v) is 8.27. The number of aryl methyl sites for hydroxylation is 1. The first kappa shape index (κ1) is 15.3. The number of morpholine rings is 1. The highest BCUT2D eigenvalue weighted by atomic mass is 32.2. The second-order valence-corrected chi connectivity index (χ2v) is 7.13. The van der Waals surface area contributed by atoms with Crippen LogP contribution in [0.25, 0.3) is 0 Å². The van der Waals surface area contributed by atoms with Gasteiger partial charge in [0.25, 0.3) is 0 Å². The smallest absolute Gasteiger partial charge is 0.248 e. The average molecular weight is 302 g/mol. The van der Waals surface area contributed by atoms with Crippen molar-refractivity contribution in [1.82, 2.24) is 14.1 Å². The zero-order chi connectivity index (χ0) is 14.9. The van der Waals surface area contributed by atoms with Gasteiger partial charge in [0, 0.05) is 25.8 Å². The highest BCUT2D eigenvalue weighted by Crippen LogP contribution is 2.24. The minimum Gasteiger partial charge on any atom is -0.381 e. The molecule has 1 fully saturated rings. The first-order chi connectivity index (χ1) is 9.34. The van der Waals surface area contributed by atoms with E-state index in [9.17, 15) is 8.42 Å². The zero-order valence-electron chi connectivity index (χ0n) is 12.1. The zero-order valence-corrected chi connectivity index (χ0v) is 12.9. The summed E-state index contributed by atoms with van der Waals surface area (Å²) in [6.07, 6.45) is 2.13. The lowest BCUT2D eigenvalue weighted by molar-refractivity contribution is -0.0440. The fourth-order valence-electron chi connectivity index (χ4n) is 2.43. The number of rotatable bonds is 4. The predicted molar refractivity (Wildman–Crippen MR) is 75.7 cm³/mol. The van der Waals surface area contributed by atoms with Gasteiger partial charge in [-0.15, -0.1) is 0 Å². The van der Waals surface area contributed by atoms with Crippen molar-refractivity contribution >= 4 is 15.8 Å². The van der Waals surface area contributed by atoms with Crippen LogP contribution in [0, 0.1) is 0 Å². The van der Waals surface area contributed by atoms with Crippen molar-refractivity contribution in [1.29, 1.82) is 0 Å². The third-order valence-electron chi connectivity index (χ3n) is 3.21. The van der Waals surface area contributed by atoms with Crippen molar-refractivity contribution in [3.8, 4) is 0 Å². The van der Waals surface area contributed by atoms with Gasteiger partial charge in [0.2, 0.25) is 10.0 Å². The summed E-state index contributed by atoms with van der Waals surface area (Å²) < 4.78 is 33.9. The first-order valence-electron chi connectivity index (χ1n) is 6.83. The van der Waals surface area contributed by atoms with Gasteiger partial charge < -0.3 is 10.5 Å². The molecule has 1 aromatic heterocycles. The van der Waals surface area contributed by atoms with Gasteiger partial charge in [0.05, 0.1) is 12.2 Å². The highest BCUT2D eigenvalue weighted by Gasteiger charge is 2.34. The number of ether oxygens (including phenoxy) is 1. The monoisotopic (exact) mass is 302 g/mol. The van der Waals surface area contributed by atoms with Gasteiger partial charge in [-0.05, 0) is 20.3 Å². The minimum absolute atomic E-state index is 0.0604. The fourth-order valence-corrected chi connectivity index (χ4v) is 4.08. The molecule has 1 aliphatic heterocycles. The number of sulfonamides is 1. The molecule has 0 aliphatic carbocycles. The number of nitrogen functional groups attached to an aromatic ring is 1. The van der Waals surface area contributed by atoms with Crippen LogP contribution in [0.5, 0.6) is 0 Å². The van der Waals surface area contributed by atoms with E-state index in [1.165, 1.54) is 10.5 Å². The summed E-state index contributed by atoms with van der Waals surface area (Å²) in [5.41, 5.74) is 5.76. The van der Waals surface area contributed by atoms with E-state index in [-0.39, 0.29) is 22.9 Å². The van der Waals surface area contributed by atoms with Crippen LogP contribution in [-0.2, 0) is 21.3 Å². The molecule has 0 saturated carbocycles. The predicted octanol–water partition coefficient (Wildman–Crippen LogP) is 0.673. The molecule has 8 heteroatoms. The van der Waals surface area contributed by atoms with E-state index >= 15 is 0 Å². The van der Waals surface area contributed by atoms with Crippen molar-refractivity contribution in [2.24, 2.45) is 0 Å². The molecule has 0 bridgehead atoms. The lowest BCUT2D eigenvalue weighted by atomic mass is 10.3. The third kappa shape index (κ3) is 2.97. The van der Waals surface area contributed by atoms with Crippen molar-refractivity contribution < 1.29 is 13.2 Å². The van der Waals surface area contributed by atoms with Crippen LogP contribution in [0.15, 0.2) is 11.1 Å². The quantitative estimate of drug-likeness (QED) is 0.883. The molecule has 2 N–H and O–H groups in total. The fraction of sp³-hybridized carbons (Fsp3) is 0.750. The maximum atomic E-state index is 12.7. The molecular formula is C12H22N4O3S. The molecule has 2 rings (SSSR count). The third-order valence-corrected chi connectivity index (χ3v) is 5.06. The topological polar surface area (TPSA) is 90.5 Å².